The molecule has 3 N–H and O–H groups in total. The summed E-state index contributed by atoms with van der Waals surface area (Å²) in [6.45, 7) is 1.37. The number of anilines is 3. The number of nitrogens with zero attached hydrogens (tertiary/aromatic N) is 1. The second kappa shape index (κ2) is 7.68. The van der Waals surface area contributed by atoms with E-state index in [9.17, 15) is 24.5 Å². The van der Waals surface area contributed by atoms with Crippen LogP contribution in [0.1, 0.15) is 6.92 Å². The number of carbonyl (C=O) groups excluding carboxylic acids is 3. The van der Waals surface area contributed by atoms with Crippen LogP contribution in [0.3, 0.4) is 0 Å². The van der Waals surface area contributed by atoms with Crippen molar-refractivity contribution in [2.24, 2.45) is 0 Å². The van der Waals surface area contributed by atoms with Gasteiger partial charge in [0.1, 0.15) is 0 Å². The number of carbonyl (C=O) groups is 3. The fourth-order valence-corrected chi connectivity index (χ4v) is 1.88. The van der Waals surface area contributed by atoms with E-state index in [2.05, 4.69) is 16.0 Å². The summed E-state index contributed by atoms with van der Waals surface area (Å²) in [4.78, 5) is 44.6. The Morgan fingerprint density at radius 3 is 1.48 bits per heavy atom. The summed E-state index contributed by atoms with van der Waals surface area (Å²) in [5.41, 5.74) is 1.06. The number of amides is 3. The van der Waals surface area contributed by atoms with E-state index < -0.39 is 16.7 Å². The molecule has 0 bridgehead atoms. The molecule has 0 aliphatic heterocycles. The lowest BCUT2D eigenvalue weighted by atomic mass is 10.2. The van der Waals surface area contributed by atoms with Crippen LogP contribution in [0, 0.1) is 10.1 Å². The Hall–Kier alpha value is -3.75. The van der Waals surface area contributed by atoms with Crippen LogP contribution in [-0.2, 0) is 14.4 Å². The number of hydrogen-bond acceptors (Lipinski definition) is 5. The van der Waals surface area contributed by atoms with Gasteiger partial charge in [0.15, 0.2) is 0 Å². The van der Waals surface area contributed by atoms with Gasteiger partial charge in [-0.25, -0.2) is 0 Å². The number of hydrogen-bond donors (Lipinski definition) is 3. The number of benzene rings is 2. The Bertz CT molecular complexity index is 815. The minimum atomic E-state index is -0.917. The zero-order chi connectivity index (χ0) is 18.4. The van der Waals surface area contributed by atoms with Gasteiger partial charge in [0.2, 0.25) is 5.91 Å². The van der Waals surface area contributed by atoms with Crippen molar-refractivity contribution < 1.29 is 19.3 Å². The van der Waals surface area contributed by atoms with Gasteiger partial charge in [-0.2, -0.15) is 0 Å². The van der Waals surface area contributed by atoms with Crippen LogP contribution in [0.2, 0.25) is 0 Å². The first-order chi connectivity index (χ1) is 11.8. The molecule has 0 fully saturated rings. The Balaban J connectivity index is 1.94. The summed E-state index contributed by atoms with van der Waals surface area (Å²) in [6.07, 6.45) is 0. The van der Waals surface area contributed by atoms with E-state index >= 15 is 0 Å². The van der Waals surface area contributed by atoms with Crippen molar-refractivity contribution in [2.45, 2.75) is 6.92 Å². The molecule has 0 heterocycles. The first-order valence-electron chi connectivity index (χ1n) is 7.09. The molecule has 128 valence electrons. The third-order valence-corrected chi connectivity index (χ3v) is 3.01. The minimum Gasteiger partial charge on any atom is -0.326 e. The largest absolute Gasteiger partial charge is 0.326 e. The van der Waals surface area contributed by atoms with Gasteiger partial charge in [-0.15, -0.1) is 0 Å². The topological polar surface area (TPSA) is 130 Å². The van der Waals surface area contributed by atoms with Crippen LogP contribution in [-0.4, -0.2) is 22.6 Å². The second-order valence-electron chi connectivity index (χ2n) is 4.97. The molecule has 2 aromatic carbocycles. The van der Waals surface area contributed by atoms with Gasteiger partial charge >= 0.3 is 11.8 Å². The van der Waals surface area contributed by atoms with Crippen molar-refractivity contribution in [3.63, 3.8) is 0 Å². The summed E-state index contributed by atoms with van der Waals surface area (Å²) in [5, 5.41) is 17.9. The molecule has 3 amide bonds. The fourth-order valence-electron chi connectivity index (χ4n) is 1.88. The Morgan fingerprint density at radius 1 is 0.760 bits per heavy atom. The number of rotatable bonds is 4. The lowest BCUT2D eigenvalue weighted by Gasteiger charge is -2.07. The third-order valence-electron chi connectivity index (χ3n) is 3.01. The molecule has 0 aromatic heterocycles. The van der Waals surface area contributed by atoms with Gasteiger partial charge in [-0.3, -0.25) is 24.5 Å². The maximum Gasteiger partial charge on any atom is 0.314 e. The van der Waals surface area contributed by atoms with Crippen molar-refractivity contribution in [1.29, 1.82) is 0 Å². The number of nitro groups is 1. The van der Waals surface area contributed by atoms with Gasteiger partial charge in [0, 0.05) is 36.1 Å². The minimum absolute atomic E-state index is 0.123. The molecule has 9 heteroatoms. The predicted octanol–water partition coefficient (Wildman–Crippen LogP) is 2.13. The molecule has 25 heavy (non-hydrogen) atoms. The Morgan fingerprint density at radius 2 is 1.12 bits per heavy atom. The van der Waals surface area contributed by atoms with Crippen molar-refractivity contribution in [2.75, 3.05) is 16.0 Å². The van der Waals surface area contributed by atoms with Gasteiger partial charge in [0.25, 0.3) is 5.69 Å². The predicted molar refractivity (Wildman–Crippen MR) is 91.1 cm³/mol. The van der Waals surface area contributed by atoms with Crippen molar-refractivity contribution in [1.82, 2.24) is 0 Å². The highest BCUT2D eigenvalue weighted by Gasteiger charge is 2.14. The number of nitrogens with one attached hydrogen (secondary N) is 3. The summed E-state index contributed by atoms with van der Waals surface area (Å²) >= 11 is 0. The molecule has 0 unspecified atom stereocenters. The summed E-state index contributed by atoms with van der Waals surface area (Å²) in [7, 11) is 0. The normalized spacial score (nSPS) is 9.80. The van der Waals surface area contributed by atoms with Gasteiger partial charge in [0.05, 0.1) is 4.92 Å². The molecule has 0 saturated carbocycles. The van der Waals surface area contributed by atoms with E-state index in [0.29, 0.717) is 11.4 Å². The summed E-state index contributed by atoms with van der Waals surface area (Å²) in [5.74, 6) is -2.04. The van der Waals surface area contributed by atoms with Crippen molar-refractivity contribution in [3.05, 3.63) is 58.6 Å². The Kier molecular flexibility index (Phi) is 5.41. The lowest BCUT2D eigenvalue weighted by Crippen LogP contribution is -2.29. The Labute approximate surface area is 142 Å². The smallest absolute Gasteiger partial charge is 0.314 e. The quantitative estimate of drug-likeness (QED) is 0.445. The van der Waals surface area contributed by atoms with Crippen molar-refractivity contribution in [3.8, 4) is 0 Å². The standard InChI is InChI=1S/C16H14N4O5/c1-10(21)17-11-2-4-12(5-3-11)18-15(22)16(23)19-13-6-8-14(9-7-13)20(24)25/h2-9H,1H3,(H,17,21)(H,18,22)(H,19,23). The highest BCUT2D eigenvalue weighted by atomic mass is 16.6. The fraction of sp³-hybridized carbons (Fsp3) is 0.0625. The van der Waals surface area contributed by atoms with Crippen LogP contribution in [0.4, 0.5) is 22.7 Å². The summed E-state index contributed by atoms with van der Waals surface area (Å²) in [6, 6.07) is 11.3. The molecule has 2 rings (SSSR count). The average Bonchev–Trinajstić information content (AvgIpc) is 2.56. The monoisotopic (exact) mass is 342 g/mol. The van der Waals surface area contributed by atoms with Gasteiger partial charge in [-0.1, -0.05) is 0 Å². The first-order valence-corrected chi connectivity index (χ1v) is 7.09. The molecule has 0 atom stereocenters. The molecule has 0 aliphatic rings. The van der Waals surface area contributed by atoms with Crippen LogP contribution >= 0.6 is 0 Å². The molecule has 0 radical (unpaired) electrons. The van der Waals surface area contributed by atoms with E-state index in [-0.39, 0.29) is 17.3 Å². The highest BCUT2D eigenvalue weighted by molar-refractivity contribution is 6.43. The van der Waals surface area contributed by atoms with Crippen LogP contribution < -0.4 is 16.0 Å². The summed E-state index contributed by atoms with van der Waals surface area (Å²) < 4.78 is 0. The van der Waals surface area contributed by atoms with Crippen LogP contribution in [0.5, 0.6) is 0 Å². The van der Waals surface area contributed by atoms with E-state index in [0.717, 1.165) is 0 Å². The van der Waals surface area contributed by atoms with Crippen LogP contribution in [0.25, 0.3) is 0 Å². The molecule has 0 spiro atoms. The number of non-ortho nitro benzene ring substituents is 1. The molecular formula is C16H14N4O5. The van der Waals surface area contributed by atoms with Gasteiger partial charge < -0.3 is 16.0 Å². The molecular weight excluding hydrogens is 328 g/mol. The van der Waals surface area contributed by atoms with Gasteiger partial charge in [-0.05, 0) is 36.4 Å². The average molecular weight is 342 g/mol. The van der Waals surface area contributed by atoms with E-state index in [1.54, 1.807) is 12.1 Å². The van der Waals surface area contributed by atoms with E-state index in [1.165, 1.54) is 43.3 Å². The maximum absolute atomic E-state index is 11.9. The molecule has 0 saturated heterocycles. The highest BCUT2D eigenvalue weighted by Crippen LogP contribution is 2.16. The first kappa shape index (κ1) is 17.6. The zero-order valence-corrected chi connectivity index (χ0v) is 13.1. The van der Waals surface area contributed by atoms with Crippen LogP contribution in [0.15, 0.2) is 48.5 Å². The number of nitro benzene ring substituents is 1. The molecule has 9 nitrogen and oxygen atoms in total. The second-order valence-corrected chi connectivity index (χ2v) is 4.97. The molecule has 0 aliphatic carbocycles. The SMILES string of the molecule is CC(=O)Nc1ccc(NC(=O)C(=O)Nc2ccc([N+](=O)[O-])cc2)cc1. The molecule has 2 aromatic rings. The van der Waals surface area contributed by atoms with E-state index in [4.69, 9.17) is 0 Å². The van der Waals surface area contributed by atoms with E-state index in [1.807, 2.05) is 0 Å². The lowest BCUT2D eigenvalue weighted by molar-refractivity contribution is -0.384. The van der Waals surface area contributed by atoms with Crippen molar-refractivity contribution >= 4 is 40.5 Å². The zero-order valence-electron chi connectivity index (χ0n) is 13.1. The third kappa shape index (κ3) is 5.13. The maximum atomic E-state index is 11.9.